The summed E-state index contributed by atoms with van der Waals surface area (Å²) in [7, 11) is 1.89. The number of hydrogen-bond acceptors (Lipinski definition) is 3. The van der Waals surface area contributed by atoms with Crippen LogP contribution in [-0.4, -0.2) is 30.6 Å². The fourth-order valence-electron chi connectivity index (χ4n) is 3.61. The third kappa shape index (κ3) is 4.26. The van der Waals surface area contributed by atoms with E-state index in [4.69, 9.17) is 28.3 Å². The van der Waals surface area contributed by atoms with Gasteiger partial charge in [-0.15, -0.1) is 0 Å². The summed E-state index contributed by atoms with van der Waals surface area (Å²) in [5, 5.41) is 15.5. The van der Waals surface area contributed by atoms with Gasteiger partial charge in [-0.25, -0.2) is 0 Å². The smallest absolute Gasteiger partial charge is 0.322 e. The highest BCUT2D eigenvalue weighted by atomic mass is 35.5. The minimum absolute atomic E-state index is 0.131. The van der Waals surface area contributed by atoms with E-state index >= 15 is 0 Å². The van der Waals surface area contributed by atoms with E-state index < -0.39 is 18.4 Å². The van der Waals surface area contributed by atoms with Crippen LogP contribution in [0.3, 0.4) is 0 Å². The summed E-state index contributed by atoms with van der Waals surface area (Å²) in [6.45, 7) is -0.405. The standard InChI is InChI=1S/C20H20Cl2N2O3/c1-23-18-7-5-13(11-3-6-16(21)17(22)9-11)14-4-2-12(8-15(14)18)20(27)24-10-19(25)26/h2-4,6,8-9,13,18,23H,5,7,10H2,1H3,(H,24,27)(H,25,26). The molecule has 0 aliphatic heterocycles. The largest absolute Gasteiger partial charge is 0.480 e. The maximum absolute atomic E-state index is 12.2. The molecule has 1 aliphatic carbocycles. The van der Waals surface area contributed by atoms with E-state index in [0.717, 1.165) is 29.5 Å². The van der Waals surface area contributed by atoms with Crippen molar-refractivity contribution >= 4 is 35.1 Å². The molecule has 0 saturated carbocycles. The minimum atomic E-state index is -1.07. The van der Waals surface area contributed by atoms with Crippen molar-refractivity contribution in [3.63, 3.8) is 0 Å². The van der Waals surface area contributed by atoms with Crippen LogP contribution in [0.15, 0.2) is 36.4 Å². The van der Waals surface area contributed by atoms with Crippen LogP contribution in [0, 0.1) is 0 Å². The van der Waals surface area contributed by atoms with Crippen molar-refractivity contribution in [3.05, 3.63) is 68.7 Å². The van der Waals surface area contributed by atoms with Crippen molar-refractivity contribution < 1.29 is 14.7 Å². The number of hydrogen-bond donors (Lipinski definition) is 3. The molecule has 0 heterocycles. The highest BCUT2D eigenvalue weighted by Crippen LogP contribution is 2.42. The molecule has 5 nitrogen and oxygen atoms in total. The molecule has 27 heavy (non-hydrogen) atoms. The summed E-state index contributed by atoms with van der Waals surface area (Å²) < 4.78 is 0. The summed E-state index contributed by atoms with van der Waals surface area (Å²) in [4.78, 5) is 22.9. The molecule has 2 unspecified atom stereocenters. The molecule has 0 fully saturated rings. The van der Waals surface area contributed by atoms with Crippen LogP contribution in [0.4, 0.5) is 0 Å². The molecule has 0 spiro atoms. The number of benzene rings is 2. The Labute approximate surface area is 167 Å². The Bertz CT molecular complexity index is 886. The maximum atomic E-state index is 12.2. The fraction of sp³-hybridized carbons (Fsp3) is 0.300. The van der Waals surface area contributed by atoms with Crippen LogP contribution in [0.25, 0.3) is 0 Å². The number of nitrogens with one attached hydrogen (secondary N) is 2. The van der Waals surface area contributed by atoms with Gasteiger partial charge < -0.3 is 15.7 Å². The van der Waals surface area contributed by atoms with E-state index in [-0.39, 0.29) is 12.0 Å². The van der Waals surface area contributed by atoms with Crippen LogP contribution in [0.2, 0.25) is 10.0 Å². The van der Waals surface area contributed by atoms with Crippen LogP contribution < -0.4 is 10.6 Å². The number of aliphatic carboxylic acids is 1. The molecule has 2 aromatic rings. The molecule has 1 aliphatic rings. The van der Waals surface area contributed by atoms with Gasteiger partial charge in [-0.2, -0.15) is 0 Å². The van der Waals surface area contributed by atoms with E-state index in [9.17, 15) is 9.59 Å². The molecule has 2 aromatic carbocycles. The Morgan fingerprint density at radius 2 is 1.85 bits per heavy atom. The fourth-order valence-corrected chi connectivity index (χ4v) is 3.92. The van der Waals surface area contributed by atoms with Crippen molar-refractivity contribution in [2.45, 2.75) is 24.8 Å². The second-order valence-corrected chi connectivity index (χ2v) is 7.38. The molecular weight excluding hydrogens is 387 g/mol. The second kappa shape index (κ2) is 8.30. The van der Waals surface area contributed by atoms with Crippen molar-refractivity contribution in [2.24, 2.45) is 0 Å². The Balaban J connectivity index is 1.96. The maximum Gasteiger partial charge on any atom is 0.322 e. The lowest BCUT2D eigenvalue weighted by Gasteiger charge is -2.32. The van der Waals surface area contributed by atoms with Gasteiger partial charge in [0.05, 0.1) is 10.0 Å². The SMILES string of the molecule is CNC1CCC(c2ccc(Cl)c(Cl)c2)c2ccc(C(=O)NCC(=O)O)cc21. The predicted octanol–water partition coefficient (Wildman–Crippen LogP) is 3.99. The third-order valence-electron chi connectivity index (χ3n) is 4.94. The number of fused-ring (bicyclic) bond motifs is 1. The monoisotopic (exact) mass is 406 g/mol. The van der Waals surface area contributed by atoms with E-state index in [1.165, 1.54) is 0 Å². The number of rotatable bonds is 5. The first-order valence-electron chi connectivity index (χ1n) is 8.66. The van der Waals surface area contributed by atoms with Crippen molar-refractivity contribution in [1.82, 2.24) is 10.6 Å². The summed E-state index contributed by atoms with van der Waals surface area (Å²) >= 11 is 12.2. The molecule has 142 valence electrons. The number of carbonyl (C=O) groups is 2. The summed E-state index contributed by atoms with van der Waals surface area (Å²) in [6, 6.07) is 11.3. The van der Waals surface area contributed by atoms with Crippen LogP contribution in [-0.2, 0) is 4.79 Å². The lowest BCUT2D eigenvalue weighted by atomic mass is 9.76. The Hall–Kier alpha value is -2.08. The van der Waals surface area contributed by atoms with Crippen molar-refractivity contribution in [3.8, 4) is 0 Å². The number of carbonyl (C=O) groups excluding carboxylic acids is 1. The Morgan fingerprint density at radius 3 is 2.52 bits per heavy atom. The summed E-state index contributed by atoms with van der Waals surface area (Å²) in [5.41, 5.74) is 3.71. The van der Waals surface area contributed by atoms with E-state index in [0.29, 0.717) is 15.6 Å². The first-order valence-corrected chi connectivity index (χ1v) is 9.42. The zero-order valence-electron chi connectivity index (χ0n) is 14.8. The quantitative estimate of drug-likeness (QED) is 0.700. The van der Waals surface area contributed by atoms with Gasteiger partial charge in [0.25, 0.3) is 5.91 Å². The Kier molecular flexibility index (Phi) is 6.05. The van der Waals surface area contributed by atoms with Crippen LogP contribution in [0.5, 0.6) is 0 Å². The molecule has 2 atom stereocenters. The molecule has 0 radical (unpaired) electrons. The third-order valence-corrected chi connectivity index (χ3v) is 5.68. The molecule has 7 heteroatoms. The molecule has 3 N–H and O–H groups in total. The van der Waals surface area contributed by atoms with Crippen LogP contribution >= 0.6 is 23.2 Å². The predicted molar refractivity (Wildman–Crippen MR) is 106 cm³/mol. The molecular formula is C20H20Cl2N2O3. The highest BCUT2D eigenvalue weighted by Gasteiger charge is 2.28. The van der Waals surface area contributed by atoms with Gasteiger partial charge in [-0.3, -0.25) is 9.59 Å². The van der Waals surface area contributed by atoms with Gasteiger partial charge in [0.2, 0.25) is 0 Å². The molecule has 0 saturated heterocycles. The number of carboxylic acid groups (broad SMARTS) is 1. The van der Waals surface area contributed by atoms with Crippen molar-refractivity contribution in [2.75, 3.05) is 13.6 Å². The summed E-state index contributed by atoms with van der Waals surface area (Å²) in [5.74, 6) is -1.31. The number of carboxylic acids is 1. The molecule has 3 rings (SSSR count). The summed E-state index contributed by atoms with van der Waals surface area (Å²) in [6.07, 6.45) is 1.86. The lowest BCUT2D eigenvalue weighted by molar-refractivity contribution is -0.135. The minimum Gasteiger partial charge on any atom is -0.480 e. The van der Waals surface area contributed by atoms with Gasteiger partial charge in [0.1, 0.15) is 6.54 Å². The van der Waals surface area contributed by atoms with Gasteiger partial charge in [-0.1, -0.05) is 35.3 Å². The van der Waals surface area contributed by atoms with Gasteiger partial charge in [0, 0.05) is 17.5 Å². The number of amides is 1. The second-order valence-electron chi connectivity index (χ2n) is 6.56. The molecule has 0 bridgehead atoms. The lowest BCUT2D eigenvalue weighted by Crippen LogP contribution is -2.30. The van der Waals surface area contributed by atoms with E-state index in [1.54, 1.807) is 12.1 Å². The van der Waals surface area contributed by atoms with E-state index in [1.807, 2.05) is 31.3 Å². The van der Waals surface area contributed by atoms with Crippen LogP contribution in [0.1, 0.15) is 51.8 Å². The Morgan fingerprint density at radius 1 is 1.07 bits per heavy atom. The molecule has 1 amide bonds. The molecule has 0 aromatic heterocycles. The van der Waals surface area contributed by atoms with Gasteiger partial charge in [0.15, 0.2) is 0 Å². The zero-order chi connectivity index (χ0) is 19.6. The van der Waals surface area contributed by atoms with E-state index in [2.05, 4.69) is 10.6 Å². The zero-order valence-corrected chi connectivity index (χ0v) is 16.3. The first kappa shape index (κ1) is 19.7. The van der Waals surface area contributed by atoms with Crippen molar-refractivity contribution in [1.29, 1.82) is 0 Å². The average molecular weight is 407 g/mol. The topological polar surface area (TPSA) is 78.4 Å². The highest BCUT2D eigenvalue weighted by molar-refractivity contribution is 6.42. The van der Waals surface area contributed by atoms with Gasteiger partial charge in [-0.05, 0) is 60.8 Å². The normalized spacial score (nSPS) is 18.6. The average Bonchev–Trinajstić information content (AvgIpc) is 2.67. The van der Waals surface area contributed by atoms with Gasteiger partial charge >= 0.3 is 5.97 Å². The number of halogens is 2. The first-order chi connectivity index (χ1) is 12.9.